The number of sulfonamides is 1. The van der Waals surface area contributed by atoms with E-state index in [-0.39, 0.29) is 19.0 Å². The SMILES string of the molecule is CCc1ccccc1N(CC(=O)N(Cc1ccccc1C)[C@@H](CC)C(=O)NC)S(C)(=O)=O. The lowest BCUT2D eigenvalue weighted by molar-refractivity contribution is -0.140. The molecule has 8 heteroatoms. The van der Waals surface area contributed by atoms with Crippen molar-refractivity contribution in [2.24, 2.45) is 0 Å². The first-order chi connectivity index (χ1) is 15.1. The fraction of sp³-hybridized carbons (Fsp3) is 0.417. The molecule has 0 aromatic heterocycles. The van der Waals surface area contributed by atoms with Crippen LogP contribution >= 0.6 is 0 Å². The summed E-state index contributed by atoms with van der Waals surface area (Å²) in [5.74, 6) is -0.714. The van der Waals surface area contributed by atoms with Crippen LogP contribution in [0.1, 0.15) is 37.0 Å². The molecule has 1 N–H and O–H groups in total. The number of hydrogen-bond donors (Lipinski definition) is 1. The largest absolute Gasteiger partial charge is 0.357 e. The number of nitrogens with zero attached hydrogens (tertiary/aromatic N) is 2. The number of aryl methyl sites for hydroxylation is 2. The van der Waals surface area contributed by atoms with Gasteiger partial charge in [-0.25, -0.2) is 8.42 Å². The van der Waals surface area contributed by atoms with Crippen LogP contribution in [0.5, 0.6) is 0 Å². The molecule has 0 fully saturated rings. The fourth-order valence-corrected chi connectivity index (χ4v) is 4.59. The molecule has 32 heavy (non-hydrogen) atoms. The van der Waals surface area contributed by atoms with Gasteiger partial charge in [0.15, 0.2) is 0 Å². The van der Waals surface area contributed by atoms with Crippen LogP contribution in [0, 0.1) is 6.92 Å². The molecule has 0 aliphatic carbocycles. The number of carbonyl (C=O) groups is 2. The van der Waals surface area contributed by atoms with Crippen LogP contribution in [0.3, 0.4) is 0 Å². The molecule has 0 radical (unpaired) electrons. The van der Waals surface area contributed by atoms with Crippen LogP contribution in [-0.2, 0) is 32.6 Å². The van der Waals surface area contributed by atoms with Gasteiger partial charge in [0.25, 0.3) is 0 Å². The zero-order valence-electron chi connectivity index (χ0n) is 19.5. The maximum absolute atomic E-state index is 13.5. The van der Waals surface area contributed by atoms with Crippen molar-refractivity contribution in [3.63, 3.8) is 0 Å². The molecule has 1 atom stereocenters. The highest BCUT2D eigenvalue weighted by Crippen LogP contribution is 2.24. The highest BCUT2D eigenvalue weighted by atomic mass is 32.2. The summed E-state index contributed by atoms with van der Waals surface area (Å²) in [5, 5.41) is 2.62. The smallest absolute Gasteiger partial charge is 0.244 e. The Morgan fingerprint density at radius 3 is 2.12 bits per heavy atom. The van der Waals surface area contributed by atoms with E-state index in [0.717, 1.165) is 27.3 Å². The van der Waals surface area contributed by atoms with E-state index < -0.39 is 22.0 Å². The van der Waals surface area contributed by atoms with Crippen LogP contribution < -0.4 is 9.62 Å². The molecule has 0 aliphatic rings. The van der Waals surface area contributed by atoms with Gasteiger partial charge in [-0.05, 0) is 42.5 Å². The molecule has 0 saturated heterocycles. The quantitative estimate of drug-likeness (QED) is 0.592. The molecule has 0 aliphatic heterocycles. The second-order valence-electron chi connectivity index (χ2n) is 7.74. The first-order valence-corrected chi connectivity index (χ1v) is 12.6. The summed E-state index contributed by atoms with van der Waals surface area (Å²) in [6.45, 7) is 5.54. The number of rotatable bonds is 10. The number of para-hydroxylation sites is 1. The van der Waals surface area contributed by atoms with Crippen LogP contribution in [0.15, 0.2) is 48.5 Å². The number of hydrogen-bond acceptors (Lipinski definition) is 4. The maximum Gasteiger partial charge on any atom is 0.244 e. The topological polar surface area (TPSA) is 86.8 Å². The Labute approximate surface area is 191 Å². The monoisotopic (exact) mass is 459 g/mol. The van der Waals surface area contributed by atoms with Gasteiger partial charge in [-0.3, -0.25) is 13.9 Å². The maximum atomic E-state index is 13.5. The van der Waals surface area contributed by atoms with E-state index in [0.29, 0.717) is 18.5 Å². The van der Waals surface area contributed by atoms with Crippen LogP contribution in [0.25, 0.3) is 0 Å². The Hall–Kier alpha value is -2.87. The molecule has 0 spiro atoms. The lowest BCUT2D eigenvalue weighted by atomic mass is 10.1. The Balaban J connectivity index is 2.48. The second-order valence-corrected chi connectivity index (χ2v) is 9.65. The normalized spacial score (nSPS) is 12.2. The number of likely N-dealkylation sites (N-methyl/N-ethyl adjacent to an activating group) is 1. The van der Waals surface area contributed by atoms with Crippen molar-refractivity contribution in [3.05, 3.63) is 65.2 Å². The molecule has 2 aromatic rings. The molecule has 0 heterocycles. The molecule has 174 valence electrons. The first-order valence-electron chi connectivity index (χ1n) is 10.7. The van der Waals surface area contributed by atoms with Crippen molar-refractivity contribution in [3.8, 4) is 0 Å². The van der Waals surface area contributed by atoms with Crippen molar-refractivity contribution in [2.75, 3.05) is 24.2 Å². The predicted octanol–water partition coefficient (Wildman–Crippen LogP) is 2.88. The number of amides is 2. The van der Waals surface area contributed by atoms with E-state index in [1.165, 1.54) is 11.9 Å². The van der Waals surface area contributed by atoms with Gasteiger partial charge >= 0.3 is 0 Å². The summed E-state index contributed by atoms with van der Waals surface area (Å²) >= 11 is 0. The summed E-state index contributed by atoms with van der Waals surface area (Å²) in [6, 6.07) is 14.1. The van der Waals surface area contributed by atoms with Gasteiger partial charge in [-0.2, -0.15) is 0 Å². The molecule has 2 rings (SSSR count). The van der Waals surface area contributed by atoms with Crippen molar-refractivity contribution >= 4 is 27.5 Å². The van der Waals surface area contributed by atoms with Gasteiger partial charge in [-0.1, -0.05) is 56.3 Å². The van der Waals surface area contributed by atoms with Crippen molar-refractivity contribution in [1.82, 2.24) is 10.2 Å². The van der Waals surface area contributed by atoms with Crippen molar-refractivity contribution in [2.45, 2.75) is 46.2 Å². The predicted molar refractivity (Wildman–Crippen MR) is 128 cm³/mol. The van der Waals surface area contributed by atoms with Crippen molar-refractivity contribution < 1.29 is 18.0 Å². The van der Waals surface area contributed by atoms with E-state index in [1.54, 1.807) is 12.1 Å². The summed E-state index contributed by atoms with van der Waals surface area (Å²) < 4.78 is 26.5. The Bertz CT molecular complexity index is 1050. The van der Waals surface area contributed by atoms with E-state index in [2.05, 4.69) is 5.32 Å². The number of benzene rings is 2. The van der Waals surface area contributed by atoms with Gasteiger partial charge in [0.1, 0.15) is 12.6 Å². The van der Waals surface area contributed by atoms with Gasteiger partial charge in [0.2, 0.25) is 21.8 Å². The Kier molecular flexibility index (Phi) is 8.83. The molecule has 2 amide bonds. The Morgan fingerprint density at radius 1 is 1.00 bits per heavy atom. The van der Waals surface area contributed by atoms with E-state index >= 15 is 0 Å². The van der Waals surface area contributed by atoms with Gasteiger partial charge in [0, 0.05) is 13.6 Å². The van der Waals surface area contributed by atoms with E-state index in [4.69, 9.17) is 0 Å². The highest BCUT2D eigenvalue weighted by molar-refractivity contribution is 7.92. The average Bonchev–Trinajstić information content (AvgIpc) is 2.77. The number of nitrogens with one attached hydrogen (secondary N) is 1. The van der Waals surface area contributed by atoms with Crippen LogP contribution in [-0.4, -0.2) is 51.0 Å². The summed E-state index contributed by atoms with van der Waals surface area (Å²) in [5.41, 5.74) is 3.21. The van der Waals surface area contributed by atoms with Gasteiger partial charge < -0.3 is 10.2 Å². The molecule has 2 aromatic carbocycles. The van der Waals surface area contributed by atoms with E-state index in [9.17, 15) is 18.0 Å². The fourth-order valence-electron chi connectivity index (χ4n) is 3.70. The summed E-state index contributed by atoms with van der Waals surface area (Å²) in [7, 11) is -2.20. The number of carbonyl (C=O) groups excluding carboxylic acids is 2. The molecular formula is C24H33N3O4S. The molecule has 0 bridgehead atoms. The third-order valence-electron chi connectivity index (χ3n) is 5.55. The lowest BCUT2D eigenvalue weighted by Crippen LogP contribution is -2.51. The zero-order chi connectivity index (χ0) is 23.9. The molecule has 7 nitrogen and oxygen atoms in total. The first kappa shape index (κ1) is 25.4. The minimum atomic E-state index is -3.73. The lowest BCUT2D eigenvalue weighted by Gasteiger charge is -2.33. The average molecular weight is 460 g/mol. The second kappa shape index (κ2) is 11.1. The highest BCUT2D eigenvalue weighted by Gasteiger charge is 2.32. The molecular weight excluding hydrogens is 426 g/mol. The third-order valence-corrected chi connectivity index (χ3v) is 6.68. The standard InChI is InChI=1S/C24H33N3O4S/c1-6-19-13-10-11-15-22(19)27(32(5,30)31)17-23(28)26(21(7-2)24(29)25-4)16-20-14-9-8-12-18(20)3/h8-15,21H,6-7,16-17H2,1-5H3,(H,25,29)/t21-/m0/s1. The van der Waals surface area contributed by atoms with Crippen molar-refractivity contribution in [1.29, 1.82) is 0 Å². The molecule has 0 saturated carbocycles. The summed E-state index contributed by atoms with van der Waals surface area (Å²) in [4.78, 5) is 27.6. The molecule has 0 unspecified atom stereocenters. The minimum Gasteiger partial charge on any atom is -0.357 e. The van der Waals surface area contributed by atoms with E-state index in [1.807, 2.05) is 57.2 Å². The Morgan fingerprint density at radius 2 is 1.59 bits per heavy atom. The van der Waals surface area contributed by atoms with Crippen LogP contribution in [0.2, 0.25) is 0 Å². The minimum absolute atomic E-state index is 0.213. The van der Waals surface area contributed by atoms with Gasteiger partial charge in [-0.15, -0.1) is 0 Å². The van der Waals surface area contributed by atoms with Gasteiger partial charge in [0.05, 0.1) is 11.9 Å². The summed E-state index contributed by atoms with van der Waals surface area (Å²) in [6.07, 6.45) is 2.12. The zero-order valence-corrected chi connectivity index (χ0v) is 20.3. The third kappa shape index (κ3) is 6.09. The number of anilines is 1. The van der Waals surface area contributed by atoms with Crippen LogP contribution in [0.4, 0.5) is 5.69 Å².